The first-order valence-electron chi connectivity index (χ1n) is 11.0. The van der Waals surface area contributed by atoms with Crippen molar-refractivity contribution in [1.29, 1.82) is 5.26 Å². The van der Waals surface area contributed by atoms with Crippen molar-refractivity contribution in [3.8, 4) is 28.7 Å². The van der Waals surface area contributed by atoms with Crippen molar-refractivity contribution in [1.82, 2.24) is 0 Å². The molecule has 11 heteroatoms. The number of hydrogen-bond acceptors (Lipinski definition) is 7. The van der Waals surface area contributed by atoms with Crippen LogP contribution in [0.5, 0.6) is 11.5 Å². The Kier molecular flexibility index (Phi) is 5.96. The molecule has 1 aromatic heterocycles. The highest BCUT2D eigenvalue weighted by Crippen LogP contribution is 2.46. The minimum absolute atomic E-state index is 0.00273. The van der Waals surface area contributed by atoms with Crippen LogP contribution in [0, 0.1) is 11.3 Å². The van der Waals surface area contributed by atoms with Crippen molar-refractivity contribution < 1.29 is 27.1 Å². The van der Waals surface area contributed by atoms with Gasteiger partial charge in [-0.15, -0.1) is 0 Å². The third-order valence-corrected chi connectivity index (χ3v) is 6.56. The Hall–Kier alpha value is -4.62. The molecule has 4 N–H and O–H groups in total. The highest BCUT2D eigenvalue weighted by Gasteiger charge is 2.37. The number of alkyl halides is 3. The molecule has 0 radical (unpaired) electrons. The molecule has 3 aromatic carbocycles. The number of allylic oxidation sites excluding steroid dienone is 1. The number of nitriles is 1. The van der Waals surface area contributed by atoms with Gasteiger partial charge in [-0.2, -0.15) is 18.4 Å². The minimum Gasteiger partial charge on any atom is -0.496 e. The Bertz CT molecular complexity index is 1760. The van der Waals surface area contributed by atoms with Crippen LogP contribution in [0.4, 0.5) is 18.9 Å². The minimum atomic E-state index is -4.69. The largest absolute Gasteiger partial charge is 0.496 e. The van der Waals surface area contributed by atoms with Crippen LogP contribution < -0.4 is 26.6 Å². The van der Waals surface area contributed by atoms with E-state index in [9.17, 15) is 23.2 Å². The molecule has 0 bridgehead atoms. The van der Waals surface area contributed by atoms with Gasteiger partial charge in [-0.05, 0) is 53.6 Å². The number of fused-ring (bicyclic) bond motifs is 3. The van der Waals surface area contributed by atoms with Crippen molar-refractivity contribution in [2.24, 2.45) is 5.73 Å². The standard InChI is InChI=1S/C27H17ClF3N3O4/c1-36-20-6-3-13(8-15(20)12-2-5-19(28)18(9-12)27(29,30)31)22-17(11-32)25(34)38-24-16-10-14(33)4-7-21(16)37-26(35)23(22)24/h2-10,22H,33-34H2,1H3. The molecule has 1 aliphatic heterocycles. The van der Waals surface area contributed by atoms with Crippen molar-refractivity contribution in [2.75, 3.05) is 12.8 Å². The molecule has 2 heterocycles. The lowest BCUT2D eigenvalue weighted by atomic mass is 9.82. The molecule has 0 spiro atoms. The topological polar surface area (TPSA) is 124 Å². The molecule has 38 heavy (non-hydrogen) atoms. The summed E-state index contributed by atoms with van der Waals surface area (Å²) in [5.41, 5.74) is 11.5. The Labute approximate surface area is 218 Å². The maximum absolute atomic E-state index is 13.6. The molecule has 1 unspecified atom stereocenters. The summed E-state index contributed by atoms with van der Waals surface area (Å²) in [4.78, 5) is 13.2. The number of halogens is 4. The van der Waals surface area contributed by atoms with Crippen LogP contribution in [0.3, 0.4) is 0 Å². The fourth-order valence-corrected chi connectivity index (χ4v) is 4.74. The normalized spacial score (nSPS) is 15.1. The van der Waals surface area contributed by atoms with Gasteiger partial charge in [0.25, 0.3) is 0 Å². The number of methoxy groups -OCH3 is 1. The van der Waals surface area contributed by atoms with Gasteiger partial charge >= 0.3 is 11.8 Å². The van der Waals surface area contributed by atoms with Crippen LogP contribution >= 0.6 is 11.6 Å². The van der Waals surface area contributed by atoms with Gasteiger partial charge in [0.1, 0.15) is 23.0 Å². The second kappa shape index (κ2) is 9.04. The van der Waals surface area contributed by atoms with E-state index in [0.29, 0.717) is 16.6 Å². The second-order valence-electron chi connectivity index (χ2n) is 8.46. The van der Waals surface area contributed by atoms with Gasteiger partial charge in [0.05, 0.1) is 34.6 Å². The zero-order valence-electron chi connectivity index (χ0n) is 19.5. The van der Waals surface area contributed by atoms with E-state index < -0.39 is 28.3 Å². The van der Waals surface area contributed by atoms with E-state index in [2.05, 4.69) is 0 Å². The number of nitrogens with two attached hydrogens (primary N) is 2. The Morgan fingerprint density at radius 3 is 2.53 bits per heavy atom. The summed E-state index contributed by atoms with van der Waals surface area (Å²) >= 11 is 5.81. The van der Waals surface area contributed by atoms with Crippen LogP contribution in [0.1, 0.15) is 22.6 Å². The van der Waals surface area contributed by atoms with Gasteiger partial charge in [0.15, 0.2) is 5.75 Å². The summed E-state index contributed by atoms with van der Waals surface area (Å²) in [5.74, 6) is -0.953. The summed E-state index contributed by atoms with van der Waals surface area (Å²) in [6, 6.07) is 14.7. The van der Waals surface area contributed by atoms with E-state index in [1.165, 1.54) is 31.4 Å². The van der Waals surface area contributed by atoms with Crippen LogP contribution in [-0.4, -0.2) is 7.11 Å². The van der Waals surface area contributed by atoms with E-state index >= 15 is 0 Å². The zero-order valence-corrected chi connectivity index (χ0v) is 20.3. The molecule has 1 atom stereocenters. The third-order valence-electron chi connectivity index (χ3n) is 6.23. The fourth-order valence-electron chi connectivity index (χ4n) is 4.51. The summed E-state index contributed by atoms with van der Waals surface area (Å²) in [6.07, 6.45) is -4.69. The van der Waals surface area contributed by atoms with Gasteiger partial charge in [-0.25, -0.2) is 4.79 Å². The lowest BCUT2D eigenvalue weighted by Gasteiger charge is -2.26. The monoisotopic (exact) mass is 539 g/mol. The number of nitrogen functional groups attached to an aromatic ring is 1. The molecular formula is C27H17ClF3N3O4. The molecule has 0 amide bonds. The predicted octanol–water partition coefficient (Wildman–Crippen LogP) is 5.94. The number of anilines is 1. The third kappa shape index (κ3) is 4.07. The van der Waals surface area contributed by atoms with Crippen molar-refractivity contribution >= 4 is 28.3 Å². The van der Waals surface area contributed by atoms with Gasteiger partial charge in [0, 0.05) is 11.3 Å². The highest BCUT2D eigenvalue weighted by molar-refractivity contribution is 6.31. The first-order chi connectivity index (χ1) is 18.0. The molecule has 0 aliphatic carbocycles. The maximum Gasteiger partial charge on any atom is 0.417 e. The summed E-state index contributed by atoms with van der Waals surface area (Å²) in [6.45, 7) is 0. The fraction of sp³-hybridized carbons (Fsp3) is 0.111. The van der Waals surface area contributed by atoms with Crippen molar-refractivity contribution in [3.63, 3.8) is 0 Å². The molecule has 0 fully saturated rings. The predicted molar refractivity (Wildman–Crippen MR) is 135 cm³/mol. The summed E-state index contributed by atoms with van der Waals surface area (Å²) in [5, 5.41) is 9.83. The average Bonchev–Trinajstić information content (AvgIpc) is 2.87. The summed E-state index contributed by atoms with van der Waals surface area (Å²) < 4.78 is 57.3. The number of ether oxygens (including phenoxy) is 2. The van der Waals surface area contributed by atoms with Gasteiger partial charge < -0.3 is 25.4 Å². The number of hydrogen-bond donors (Lipinski definition) is 2. The Morgan fingerprint density at radius 2 is 1.84 bits per heavy atom. The second-order valence-corrected chi connectivity index (χ2v) is 8.87. The molecule has 1 aliphatic rings. The molecule has 5 rings (SSSR count). The average molecular weight is 540 g/mol. The first-order valence-corrected chi connectivity index (χ1v) is 11.4. The van der Waals surface area contributed by atoms with E-state index in [1.54, 1.807) is 18.2 Å². The van der Waals surface area contributed by atoms with E-state index in [-0.39, 0.29) is 45.2 Å². The molecule has 0 saturated heterocycles. The van der Waals surface area contributed by atoms with Crippen molar-refractivity contribution in [3.05, 3.63) is 98.2 Å². The quantitative estimate of drug-likeness (QED) is 0.244. The van der Waals surface area contributed by atoms with Gasteiger partial charge in [-0.3, -0.25) is 0 Å². The van der Waals surface area contributed by atoms with Crippen molar-refractivity contribution in [2.45, 2.75) is 12.1 Å². The number of rotatable bonds is 3. The Morgan fingerprint density at radius 1 is 1.08 bits per heavy atom. The Balaban J connectivity index is 1.78. The van der Waals surface area contributed by atoms with E-state index in [4.69, 9.17) is 37.0 Å². The number of benzene rings is 3. The SMILES string of the molecule is COc1ccc(C2C(C#N)=C(N)Oc3c2c(=O)oc2ccc(N)cc32)cc1-c1ccc(Cl)c(C(F)(F)F)c1. The highest BCUT2D eigenvalue weighted by atomic mass is 35.5. The van der Waals surface area contributed by atoms with Crippen LogP contribution in [0.2, 0.25) is 5.02 Å². The molecule has 7 nitrogen and oxygen atoms in total. The first kappa shape index (κ1) is 25.0. The van der Waals surface area contributed by atoms with Gasteiger partial charge in [-0.1, -0.05) is 23.7 Å². The lowest BCUT2D eigenvalue weighted by molar-refractivity contribution is -0.137. The molecule has 192 valence electrons. The summed E-state index contributed by atoms with van der Waals surface area (Å²) in [7, 11) is 1.37. The smallest absolute Gasteiger partial charge is 0.417 e. The molecule has 0 saturated carbocycles. The maximum atomic E-state index is 13.6. The number of nitrogens with zero attached hydrogens (tertiary/aromatic N) is 1. The van der Waals surface area contributed by atoms with E-state index in [0.717, 1.165) is 12.1 Å². The van der Waals surface area contributed by atoms with E-state index in [1.807, 2.05) is 6.07 Å². The molecular weight excluding hydrogens is 523 g/mol. The van der Waals surface area contributed by atoms with Crippen LogP contribution in [0.15, 0.2) is 75.3 Å². The molecule has 4 aromatic rings. The van der Waals surface area contributed by atoms with Crippen LogP contribution in [-0.2, 0) is 6.18 Å². The lowest BCUT2D eigenvalue weighted by Crippen LogP contribution is -2.26. The van der Waals surface area contributed by atoms with Crippen LogP contribution in [0.25, 0.3) is 22.1 Å². The van der Waals surface area contributed by atoms with Gasteiger partial charge in [0.2, 0.25) is 5.88 Å². The zero-order chi connectivity index (χ0) is 27.4.